The molecular formula is C31H32F2N6O3S. The van der Waals surface area contributed by atoms with Gasteiger partial charge < -0.3 is 14.9 Å². The van der Waals surface area contributed by atoms with Gasteiger partial charge in [0.1, 0.15) is 23.1 Å². The van der Waals surface area contributed by atoms with E-state index < -0.39 is 34.3 Å². The molecule has 1 aliphatic heterocycles. The van der Waals surface area contributed by atoms with Gasteiger partial charge in [0.25, 0.3) is 0 Å². The number of piperazine rings is 1. The fourth-order valence-electron chi connectivity index (χ4n) is 5.77. The average Bonchev–Trinajstić information content (AvgIpc) is 2.96. The van der Waals surface area contributed by atoms with Crippen LogP contribution in [0.3, 0.4) is 0 Å². The third kappa shape index (κ3) is 5.24. The van der Waals surface area contributed by atoms with Crippen molar-refractivity contribution in [1.29, 1.82) is 0 Å². The van der Waals surface area contributed by atoms with E-state index in [1.54, 1.807) is 17.2 Å². The molecule has 4 heterocycles. The van der Waals surface area contributed by atoms with Gasteiger partial charge in [-0.15, -0.1) is 11.8 Å². The van der Waals surface area contributed by atoms with Crippen molar-refractivity contribution in [3.63, 3.8) is 0 Å². The first-order valence-electron chi connectivity index (χ1n) is 13.8. The van der Waals surface area contributed by atoms with Crippen LogP contribution in [0.5, 0.6) is 5.75 Å². The average molecular weight is 607 g/mol. The van der Waals surface area contributed by atoms with Gasteiger partial charge in [-0.3, -0.25) is 9.78 Å². The van der Waals surface area contributed by atoms with E-state index in [4.69, 9.17) is 0 Å². The number of pyridine rings is 2. The second-order valence-corrected chi connectivity index (χ2v) is 11.7. The molecule has 12 heteroatoms. The largest absolute Gasteiger partial charge is 0.507 e. The van der Waals surface area contributed by atoms with Crippen LogP contribution >= 0.6 is 11.8 Å². The Labute approximate surface area is 251 Å². The highest BCUT2D eigenvalue weighted by Gasteiger charge is 2.34. The zero-order chi connectivity index (χ0) is 31.2. The number of hydrogen-bond donors (Lipinski definition) is 1. The van der Waals surface area contributed by atoms with Gasteiger partial charge in [0, 0.05) is 36.3 Å². The predicted molar refractivity (Wildman–Crippen MR) is 164 cm³/mol. The smallest absolute Gasteiger partial charge is 0.355 e. The van der Waals surface area contributed by atoms with Crippen molar-refractivity contribution in [1.82, 2.24) is 24.4 Å². The van der Waals surface area contributed by atoms with Crippen LogP contribution in [0.4, 0.5) is 14.6 Å². The molecule has 4 aromatic rings. The summed E-state index contributed by atoms with van der Waals surface area (Å²) in [5, 5.41) is 10.7. The van der Waals surface area contributed by atoms with E-state index in [-0.39, 0.29) is 40.8 Å². The van der Waals surface area contributed by atoms with E-state index in [1.165, 1.54) is 40.6 Å². The zero-order valence-electron chi connectivity index (χ0n) is 24.5. The van der Waals surface area contributed by atoms with E-state index >= 15 is 4.39 Å². The quantitative estimate of drug-likeness (QED) is 0.234. The second-order valence-electron chi connectivity index (χ2n) is 10.8. The molecule has 3 aromatic heterocycles. The number of halogens is 2. The predicted octanol–water partition coefficient (Wildman–Crippen LogP) is 5.28. The van der Waals surface area contributed by atoms with Gasteiger partial charge in [0.05, 0.1) is 22.3 Å². The monoisotopic (exact) mass is 606 g/mol. The van der Waals surface area contributed by atoms with Crippen LogP contribution in [-0.2, 0) is 4.79 Å². The Bertz CT molecular complexity index is 1780. The maximum Gasteiger partial charge on any atom is 0.355 e. The van der Waals surface area contributed by atoms with Crippen LogP contribution in [0, 0.1) is 11.6 Å². The summed E-state index contributed by atoms with van der Waals surface area (Å²) in [7, 11) is 0. The Balaban J connectivity index is 1.85. The van der Waals surface area contributed by atoms with Gasteiger partial charge in [-0.05, 0) is 56.4 Å². The summed E-state index contributed by atoms with van der Waals surface area (Å²) in [6, 6.07) is 6.05. The summed E-state index contributed by atoms with van der Waals surface area (Å²) in [5.41, 5.74) is -0.463. The standard InChI is InChI=1S/C31H32F2N6O3S/c1-7-24(41)38-17(4)14-37(15-18(38)5)29-19-13-21(33)27(25-20(32)9-8-10-22(25)40)35-30(19)39(31(42)36-29)28-23(43-6)11-12-34-26(28)16(2)3/h7-13,16-18,40H,1,14-15H2,2-6H3/t17-,18+. The summed E-state index contributed by atoms with van der Waals surface area (Å²) < 4.78 is 32.2. The molecule has 0 unspecified atom stereocenters. The van der Waals surface area contributed by atoms with Crippen molar-refractivity contribution in [2.24, 2.45) is 0 Å². The fraction of sp³-hybridized carbons (Fsp3) is 0.323. The fourth-order valence-corrected chi connectivity index (χ4v) is 6.36. The number of phenols is 1. The van der Waals surface area contributed by atoms with Crippen molar-refractivity contribution < 1.29 is 18.7 Å². The third-order valence-corrected chi connectivity index (χ3v) is 8.35. The van der Waals surface area contributed by atoms with Crippen LogP contribution < -0.4 is 10.6 Å². The van der Waals surface area contributed by atoms with Crippen molar-refractivity contribution in [3.05, 3.63) is 77.0 Å². The minimum absolute atomic E-state index is 0.0316. The number of carbonyl (C=O) groups is 1. The molecule has 0 bridgehead atoms. The molecular weight excluding hydrogens is 574 g/mol. The molecule has 0 spiro atoms. The van der Waals surface area contributed by atoms with E-state index in [0.29, 0.717) is 24.5 Å². The van der Waals surface area contributed by atoms with Crippen LogP contribution in [0.2, 0.25) is 0 Å². The summed E-state index contributed by atoms with van der Waals surface area (Å²) in [5.74, 6) is -2.38. The van der Waals surface area contributed by atoms with Crippen LogP contribution in [0.25, 0.3) is 28.0 Å². The highest BCUT2D eigenvalue weighted by atomic mass is 32.2. The molecule has 1 aromatic carbocycles. The molecule has 2 atom stereocenters. The molecule has 0 radical (unpaired) electrons. The minimum atomic E-state index is -0.900. The number of benzene rings is 1. The molecule has 1 N–H and O–H groups in total. The molecule has 0 saturated carbocycles. The third-order valence-electron chi connectivity index (χ3n) is 7.58. The van der Waals surface area contributed by atoms with Crippen LogP contribution in [-0.4, -0.2) is 66.9 Å². The van der Waals surface area contributed by atoms with Crippen molar-refractivity contribution in [3.8, 4) is 22.7 Å². The number of thioether (sulfide) groups is 1. The van der Waals surface area contributed by atoms with Crippen molar-refractivity contribution in [2.75, 3.05) is 24.2 Å². The number of nitrogens with zero attached hydrogens (tertiary/aromatic N) is 6. The maximum absolute atomic E-state index is 15.9. The number of aromatic hydroxyl groups is 1. The first-order chi connectivity index (χ1) is 20.5. The Hall–Kier alpha value is -4.32. The van der Waals surface area contributed by atoms with E-state index in [9.17, 15) is 19.1 Å². The second kappa shape index (κ2) is 11.8. The molecule has 9 nitrogen and oxygen atoms in total. The highest BCUT2D eigenvalue weighted by Crippen LogP contribution is 2.37. The van der Waals surface area contributed by atoms with Gasteiger partial charge in [-0.1, -0.05) is 26.5 Å². The molecule has 0 aliphatic carbocycles. The minimum Gasteiger partial charge on any atom is -0.507 e. The number of phenolic OH excluding ortho intramolecular Hbond substituents is 1. The topological polar surface area (TPSA) is 104 Å². The van der Waals surface area contributed by atoms with Gasteiger partial charge in [-0.25, -0.2) is 23.1 Å². The van der Waals surface area contributed by atoms with Crippen molar-refractivity contribution in [2.45, 2.75) is 50.6 Å². The van der Waals surface area contributed by atoms with Gasteiger partial charge in [0.15, 0.2) is 11.5 Å². The summed E-state index contributed by atoms with van der Waals surface area (Å²) >= 11 is 1.40. The summed E-state index contributed by atoms with van der Waals surface area (Å²) in [4.78, 5) is 44.4. The molecule has 1 fully saturated rings. The lowest BCUT2D eigenvalue weighted by molar-refractivity contribution is -0.130. The lowest BCUT2D eigenvalue weighted by Gasteiger charge is -2.44. The SMILES string of the molecule is C=CC(=O)N1[C@H](C)CN(c2nc(=O)n(-c3c(SC)ccnc3C(C)C)c3nc(-c4c(O)cccc4F)c(F)cc23)C[C@@H]1C. The summed E-state index contributed by atoms with van der Waals surface area (Å²) in [6.45, 7) is 11.9. The maximum atomic E-state index is 15.9. The lowest BCUT2D eigenvalue weighted by Crippen LogP contribution is -2.58. The number of hydrogen-bond acceptors (Lipinski definition) is 8. The van der Waals surface area contributed by atoms with E-state index in [1.807, 2.05) is 38.9 Å². The molecule has 224 valence electrons. The lowest BCUT2D eigenvalue weighted by atomic mass is 10.1. The Kier molecular flexibility index (Phi) is 8.24. The Morgan fingerprint density at radius 2 is 1.84 bits per heavy atom. The van der Waals surface area contributed by atoms with Gasteiger partial charge >= 0.3 is 5.69 Å². The van der Waals surface area contributed by atoms with Crippen LogP contribution in [0.15, 0.2) is 58.9 Å². The Morgan fingerprint density at radius 3 is 2.44 bits per heavy atom. The highest BCUT2D eigenvalue weighted by molar-refractivity contribution is 7.98. The van der Waals surface area contributed by atoms with E-state index in [2.05, 4.69) is 21.5 Å². The molecule has 1 saturated heterocycles. The number of aromatic nitrogens is 4. The van der Waals surface area contributed by atoms with Gasteiger partial charge in [-0.2, -0.15) is 4.98 Å². The summed E-state index contributed by atoms with van der Waals surface area (Å²) in [6.07, 6.45) is 4.78. The number of fused-ring (bicyclic) bond motifs is 1. The molecule has 43 heavy (non-hydrogen) atoms. The molecule has 5 rings (SSSR count). The molecule has 1 amide bonds. The normalized spacial score (nSPS) is 17.1. The number of carbonyl (C=O) groups excluding carboxylic acids is 1. The molecule has 1 aliphatic rings. The number of amides is 1. The van der Waals surface area contributed by atoms with Gasteiger partial charge in [0.2, 0.25) is 5.91 Å². The number of rotatable bonds is 6. The van der Waals surface area contributed by atoms with Crippen LogP contribution in [0.1, 0.15) is 39.3 Å². The number of anilines is 1. The zero-order valence-corrected chi connectivity index (χ0v) is 25.3. The van der Waals surface area contributed by atoms with E-state index in [0.717, 1.165) is 11.0 Å². The van der Waals surface area contributed by atoms with Crippen molar-refractivity contribution >= 4 is 34.5 Å². The Morgan fingerprint density at radius 1 is 1.14 bits per heavy atom. The first kappa shape index (κ1) is 30.1. The first-order valence-corrected chi connectivity index (χ1v) is 15.0.